The molecule has 1 aromatic carbocycles. The van der Waals surface area contributed by atoms with E-state index in [1.807, 2.05) is 18.2 Å². The third-order valence-electron chi connectivity index (χ3n) is 3.94. The number of aryl methyl sites for hydroxylation is 1. The molecule has 0 aromatic heterocycles. The van der Waals surface area contributed by atoms with Gasteiger partial charge in [-0.3, -0.25) is 9.59 Å². The maximum Gasteiger partial charge on any atom is 0.306 e. The van der Waals surface area contributed by atoms with E-state index < -0.39 is 5.97 Å². The van der Waals surface area contributed by atoms with Gasteiger partial charge in [0.1, 0.15) is 0 Å². The second-order valence-electron chi connectivity index (χ2n) is 5.43. The van der Waals surface area contributed by atoms with E-state index in [-0.39, 0.29) is 17.7 Å². The van der Waals surface area contributed by atoms with Gasteiger partial charge in [0.25, 0.3) is 0 Å². The molecule has 4 heteroatoms. The fourth-order valence-electron chi connectivity index (χ4n) is 2.74. The molecule has 2 atom stereocenters. The zero-order valence-corrected chi connectivity index (χ0v) is 11.5. The quantitative estimate of drug-likeness (QED) is 0.782. The molecule has 0 aliphatic heterocycles. The standard InChI is InChI=1S/C16H21NO3/c18-15(13-8-9-14(11-13)16(19)20)17-10-4-7-12-5-2-1-3-6-12/h1-3,5-6,13-14H,4,7-11H2,(H,17,18)(H,19,20)/t13-,14+/m0/s1. The number of carboxylic acids is 1. The Hall–Kier alpha value is -1.84. The van der Waals surface area contributed by atoms with E-state index in [9.17, 15) is 9.59 Å². The molecule has 0 radical (unpaired) electrons. The van der Waals surface area contributed by atoms with Crippen molar-refractivity contribution in [3.63, 3.8) is 0 Å². The molecule has 0 unspecified atom stereocenters. The molecule has 1 aliphatic carbocycles. The van der Waals surface area contributed by atoms with Gasteiger partial charge < -0.3 is 10.4 Å². The van der Waals surface area contributed by atoms with Gasteiger partial charge in [-0.05, 0) is 37.7 Å². The molecule has 0 heterocycles. The molecule has 1 aliphatic rings. The minimum Gasteiger partial charge on any atom is -0.481 e. The van der Waals surface area contributed by atoms with Crippen LogP contribution in [0.5, 0.6) is 0 Å². The van der Waals surface area contributed by atoms with Gasteiger partial charge >= 0.3 is 5.97 Å². The van der Waals surface area contributed by atoms with Crippen LogP contribution in [0.15, 0.2) is 30.3 Å². The molecule has 108 valence electrons. The number of benzene rings is 1. The van der Waals surface area contributed by atoms with Crippen LogP contribution in [0.25, 0.3) is 0 Å². The highest BCUT2D eigenvalue weighted by Gasteiger charge is 2.33. The molecule has 4 nitrogen and oxygen atoms in total. The topological polar surface area (TPSA) is 66.4 Å². The van der Waals surface area contributed by atoms with Crippen molar-refractivity contribution in [1.82, 2.24) is 5.32 Å². The number of hydrogen-bond donors (Lipinski definition) is 2. The van der Waals surface area contributed by atoms with Crippen molar-refractivity contribution in [2.45, 2.75) is 32.1 Å². The van der Waals surface area contributed by atoms with E-state index in [0.29, 0.717) is 25.8 Å². The average molecular weight is 275 g/mol. The second-order valence-corrected chi connectivity index (χ2v) is 5.43. The summed E-state index contributed by atoms with van der Waals surface area (Å²) >= 11 is 0. The first-order valence-electron chi connectivity index (χ1n) is 7.21. The number of hydrogen-bond acceptors (Lipinski definition) is 2. The number of rotatable bonds is 6. The van der Waals surface area contributed by atoms with Crippen LogP contribution in [0.2, 0.25) is 0 Å². The number of aliphatic carboxylic acids is 1. The van der Waals surface area contributed by atoms with Crippen LogP contribution in [0.1, 0.15) is 31.2 Å². The number of carbonyl (C=O) groups excluding carboxylic acids is 1. The largest absolute Gasteiger partial charge is 0.481 e. The minimum absolute atomic E-state index is 0.0156. The lowest BCUT2D eigenvalue weighted by Crippen LogP contribution is -2.30. The fourth-order valence-corrected chi connectivity index (χ4v) is 2.74. The highest BCUT2D eigenvalue weighted by molar-refractivity contribution is 5.80. The molecular formula is C16H21NO3. The van der Waals surface area contributed by atoms with Crippen molar-refractivity contribution in [3.05, 3.63) is 35.9 Å². The SMILES string of the molecule is O=C(O)[C@@H]1CC[C@H](C(=O)NCCCc2ccccc2)C1. The third kappa shape index (κ3) is 4.08. The molecule has 1 saturated carbocycles. The van der Waals surface area contributed by atoms with Crippen molar-refractivity contribution >= 4 is 11.9 Å². The zero-order chi connectivity index (χ0) is 14.4. The average Bonchev–Trinajstić information content (AvgIpc) is 2.94. The lowest BCUT2D eigenvalue weighted by atomic mass is 10.0. The van der Waals surface area contributed by atoms with Crippen LogP contribution in [0.3, 0.4) is 0 Å². The first kappa shape index (κ1) is 14.6. The van der Waals surface area contributed by atoms with Crippen LogP contribution in [0, 0.1) is 11.8 Å². The van der Waals surface area contributed by atoms with E-state index in [0.717, 1.165) is 12.8 Å². The van der Waals surface area contributed by atoms with Gasteiger partial charge in [-0.2, -0.15) is 0 Å². The molecule has 1 amide bonds. The molecule has 2 N–H and O–H groups in total. The van der Waals surface area contributed by atoms with Gasteiger partial charge in [0.05, 0.1) is 5.92 Å². The monoisotopic (exact) mass is 275 g/mol. The summed E-state index contributed by atoms with van der Waals surface area (Å²) in [5.41, 5.74) is 1.27. The predicted octanol–water partition coefficient (Wildman–Crippen LogP) is 2.24. The van der Waals surface area contributed by atoms with Crippen LogP contribution in [0.4, 0.5) is 0 Å². The Morgan fingerprint density at radius 3 is 2.50 bits per heavy atom. The minimum atomic E-state index is -0.774. The Balaban J connectivity index is 1.65. The summed E-state index contributed by atoms with van der Waals surface area (Å²) in [6.45, 7) is 0.655. The smallest absolute Gasteiger partial charge is 0.306 e. The Bertz CT molecular complexity index is 458. The second kappa shape index (κ2) is 7.08. The van der Waals surface area contributed by atoms with Crippen molar-refractivity contribution in [2.75, 3.05) is 6.54 Å². The molecule has 0 bridgehead atoms. The summed E-state index contributed by atoms with van der Waals surface area (Å²) in [4.78, 5) is 22.8. The number of carbonyl (C=O) groups is 2. The predicted molar refractivity (Wildman–Crippen MR) is 76.2 cm³/mol. The molecule has 0 saturated heterocycles. The van der Waals surface area contributed by atoms with Gasteiger partial charge in [-0.15, -0.1) is 0 Å². The van der Waals surface area contributed by atoms with Crippen molar-refractivity contribution in [1.29, 1.82) is 0 Å². The van der Waals surface area contributed by atoms with E-state index >= 15 is 0 Å². The van der Waals surface area contributed by atoms with Crippen molar-refractivity contribution in [3.8, 4) is 0 Å². The molecule has 0 spiro atoms. The van der Waals surface area contributed by atoms with Crippen LogP contribution in [-0.2, 0) is 16.0 Å². The summed E-state index contributed by atoms with van der Waals surface area (Å²) in [5, 5.41) is 11.8. The molecule has 1 fully saturated rings. The van der Waals surface area contributed by atoms with Crippen LogP contribution >= 0.6 is 0 Å². The van der Waals surface area contributed by atoms with E-state index in [2.05, 4.69) is 17.4 Å². The Morgan fingerprint density at radius 1 is 1.15 bits per heavy atom. The van der Waals surface area contributed by atoms with Crippen LogP contribution < -0.4 is 5.32 Å². The Morgan fingerprint density at radius 2 is 1.85 bits per heavy atom. The number of carboxylic acid groups (broad SMARTS) is 1. The van der Waals surface area contributed by atoms with E-state index in [4.69, 9.17) is 5.11 Å². The molecule has 20 heavy (non-hydrogen) atoms. The Kier molecular flexibility index (Phi) is 5.16. The normalized spacial score (nSPS) is 21.6. The summed E-state index contributed by atoms with van der Waals surface area (Å²) in [7, 11) is 0. The van der Waals surface area contributed by atoms with Gasteiger partial charge in [0, 0.05) is 12.5 Å². The van der Waals surface area contributed by atoms with Gasteiger partial charge in [-0.1, -0.05) is 30.3 Å². The van der Waals surface area contributed by atoms with Gasteiger partial charge in [0.2, 0.25) is 5.91 Å². The first-order valence-corrected chi connectivity index (χ1v) is 7.21. The highest BCUT2D eigenvalue weighted by Crippen LogP contribution is 2.31. The summed E-state index contributed by atoms with van der Waals surface area (Å²) in [5.74, 6) is -1.21. The van der Waals surface area contributed by atoms with Crippen molar-refractivity contribution in [2.24, 2.45) is 11.8 Å². The first-order chi connectivity index (χ1) is 9.66. The fraction of sp³-hybridized carbons (Fsp3) is 0.500. The lowest BCUT2D eigenvalue weighted by molar-refractivity contribution is -0.141. The summed E-state index contributed by atoms with van der Waals surface area (Å²) < 4.78 is 0. The molecule has 2 rings (SSSR count). The third-order valence-corrected chi connectivity index (χ3v) is 3.94. The summed E-state index contributed by atoms with van der Waals surface area (Å²) in [6, 6.07) is 10.2. The highest BCUT2D eigenvalue weighted by atomic mass is 16.4. The molecule has 1 aromatic rings. The van der Waals surface area contributed by atoms with Crippen LogP contribution in [-0.4, -0.2) is 23.5 Å². The maximum absolute atomic E-state index is 11.9. The van der Waals surface area contributed by atoms with Gasteiger partial charge in [0.15, 0.2) is 0 Å². The number of nitrogens with one attached hydrogen (secondary N) is 1. The zero-order valence-electron chi connectivity index (χ0n) is 11.5. The van der Waals surface area contributed by atoms with Crippen molar-refractivity contribution < 1.29 is 14.7 Å². The summed E-state index contributed by atoms with van der Waals surface area (Å²) in [6.07, 6.45) is 3.66. The molecular weight excluding hydrogens is 254 g/mol. The van der Waals surface area contributed by atoms with E-state index in [1.54, 1.807) is 0 Å². The maximum atomic E-state index is 11.9. The number of amides is 1. The van der Waals surface area contributed by atoms with E-state index in [1.165, 1.54) is 5.56 Å². The van der Waals surface area contributed by atoms with Gasteiger partial charge in [-0.25, -0.2) is 0 Å². The lowest BCUT2D eigenvalue weighted by Gasteiger charge is -2.10. The Labute approximate surface area is 119 Å².